The third-order valence-electron chi connectivity index (χ3n) is 4.41. The zero-order valence-corrected chi connectivity index (χ0v) is 16.5. The topological polar surface area (TPSA) is 118 Å². The number of hydrogen-bond donors (Lipinski definition) is 3. The lowest BCUT2D eigenvalue weighted by Gasteiger charge is -2.39. The number of carboxylic acid groups (broad SMARTS) is 1. The van der Waals surface area contributed by atoms with Crippen LogP contribution in [-0.4, -0.2) is 78.9 Å². The maximum atomic E-state index is 11.4. The SMILES string of the molecule is CCOc1ncccc1OCCOC1(CC(=O)O)C=NC=C(N2CCNCC2)N1. The molecule has 3 heterocycles. The van der Waals surface area contributed by atoms with E-state index in [1.165, 1.54) is 6.21 Å². The van der Waals surface area contributed by atoms with Gasteiger partial charge in [0.05, 0.1) is 32.0 Å². The summed E-state index contributed by atoms with van der Waals surface area (Å²) in [4.78, 5) is 21.9. The number of nitrogens with zero attached hydrogens (tertiary/aromatic N) is 3. The molecule has 10 nitrogen and oxygen atoms in total. The Morgan fingerprint density at radius 1 is 1.31 bits per heavy atom. The molecule has 29 heavy (non-hydrogen) atoms. The van der Waals surface area contributed by atoms with Crippen LogP contribution >= 0.6 is 0 Å². The predicted molar refractivity (Wildman–Crippen MR) is 106 cm³/mol. The van der Waals surface area contributed by atoms with Crippen LogP contribution in [-0.2, 0) is 9.53 Å². The first-order valence-corrected chi connectivity index (χ1v) is 9.66. The third-order valence-corrected chi connectivity index (χ3v) is 4.41. The fourth-order valence-corrected chi connectivity index (χ4v) is 3.12. The number of pyridine rings is 1. The van der Waals surface area contributed by atoms with Gasteiger partial charge < -0.3 is 34.9 Å². The second-order valence-electron chi connectivity index (χ2n) is 6.55. The highest BCUT2D eigenvalue weighted by Gasteiger charge is 2.36. The van der Waals surface area contributed by atoms with Crippen LogP contribution in [0.15, 0.2) is 35.3 Å². The molecular formula is C19H27N5O5. The molecule has 1 unspecified atom stereocenters. The summed E-state index contributed by atoms with van der Waals surface area (Å²) in [5.74, 6) is 0.688. The highest BCUT2D eigenvalue weighted by Crippen LogP contribution is 2.24. The summed E-state index contributed by atoms with van der Waals surface area (Å²) >= 11 is 0. The average molecular weight is 405 g/mol. The Hall–Kier alpha value is -2.85. The van der Waals surface area contributed by atoms with Crippen molar-refractivity contribution in [2.24, 2.45) is 4.99 Å². The number of piperazine rings is 1. The molecule has 2 aliphatic heterocycles. The first-order valence-electron chi connectivity index (χ1n) is 9.66. The summed E-state index contributed by atoms with van der Waals surface area (Å²) in [5, 5.41) is 15.9. The Morgan fingerprint density at radius 2 is 2.14 bits per heavy atom. The van der Waals surface area contributed by atoms with E-state index < -0.39 is 11.7 Å². The van der Waals surface area contributed by atoms with Crippen molar-refractivity contribution in [1.82, 2.24) is 20.5 Å². The van der Waals surface area contributed by atoms with Gasteiger partial charge in [0, 0.05) is 32.4 Å². The van der Waals surface area contributed by atoms with Crippen LogP contribution < -0.4 is 20.1 Å². The number of aliphatic imine (C=N–C) groups is 1. The molecule has 1 aromatic rings. The quantitative estimate of drug-likeness (QED) is 0.476. The van der Waals surface area contributed by atoms with Crippen LogP contribution in [0.25, 0.3) is 0 Å². The minimum atomic E-state index is -1.23. The normalized spacial score (nSPS) is 21.3. The van der Waals surface area contributed by atoms with Crippen molar-refractivity contribution in [2.45, 2.75) is 19.1 Å². The first-order chi connectivity index (χ1) is 14.1. The Morgan fingerprint density at radius 3 is 2.90 bits per heavy atom. The zero-order valence-electron chi connectivity index (χ0n) is 16.5. The van der Waals surface area contributed by atoms with E-state index in [0.29, 0.717) is 18.2 Å². The van der Waals surface area contributed by atoms with Crippen LogP contribution in [0.5, 0.6) is 11.6 Å². The number of aromatic nitrogens is 1. The minimum absolute atomic E-state index is 0.154. The van der Waals surface area contributed by atoms with Crippen LogP contribution in [0.1, 0.15) is 13.3 Å². The number of hydrogen-bond acceptors (Lipinski definition) is 9. The first kappa shape index (κ1) is 20.9. The van der Waals surface area contributed by atoms with Crippen molar-refractivity contribution in [3.05, 3.63) is 30.4 Å². The van der Waals surface area contributed by atoms with Gasteiger partial charge in [0.15, 0.2) is 11.5 Å². The van der Waals surface area contributed by atoms with E-state index in [1.54, 1.807) is 24.5 Å². The van der Waals surface area contributed by atoms with Crippen molar-refractivity contribution in [1.29, 1.82) is 0 Å². The van der Waals surface area contributed by atoms with E-state index in [-0.39, 0.29) is 19.6 Å². The molecule has 0 radical (unpaired) electrons. The van der Waals surface area contributed by atoms with Crippen molar-refractivity contribution in [3.63, 3.8) is 0 Å². The second-order valence-corrected chi connectivity index (χ2v) is 6.55. The largest absolute Gasteiger partial charge is 0.486 e. The number of carbonyl (C=O) groups is 1. The van der Waals surface area contributed by atoms with Gasteiger partial charge in [0.25, 0.3) is 5.88 Å². The molecule has 3 rings (SSSR count). The number of rotatable bonds is 10. The fraction of sp³-hybridized carbons (Fsp3) is 0.526. The molecule has 3 N–H and O–H groups in total. The molecule has 0 bridgehead atoms. The van der Waals surface area contributed by atoms with Crippen LogP contribution in [0.4, 0.5) is 0 Å². The lowest BCUT2D eigenvalue weighted by molar-refractivity contribution is -0.143. The molecule has 1 atom stereocenters. The molecule has 158 valence electrons. The summed E-state index contributed by atoms with van der Waals surface area (Å²) in [6.45, 7) is 6.04. The van der Waals surface area contributed by atoms with Crippen LogP contribution in [0.2, 0.25) is 0 Å². The Bertz CT molecular complexity index is 750. The Labute approximate surface area is 169 Å². The lowest BCUT2D eigenvalue weighted by Crippen LogP contribution is -2.56. The van der Waals surface area contributed by atoms with Crippen LogP contribution in [0, 0.1) is 0 Å². The highest BCUT2D eigenvalue weighted by molar-refractivity contribution is 5.79. The molecule has 0 saturated carbocycles. The minimum Gasteiger partial charge on any atom is -0.486 e. The van der Waals surface area contributed by atoms with E-state index in [1.807, 2.05) is 6.92 Å². The van der Waals surface area contributed by atoms with Crippen molar-refractivity contribution >= 4 is 12.2 Å². The van der Waals surface area contributed by atoms with Gasteiger partial charge >= 0.3 is 5.97 Å². The highest BCUT2D eigenvalue weighted by atomic mass is 16.6. The monoisotopic (exact) mass is 405 g/mol. The summed E-state index contributed by atoms with van der Waals surface area (Å²) in [6.07, 6.45) is 4.54. The average Bonchev–Trinajstić information content (AvgIpc) is 2.73. The molecule has 1 saturated heterocycles. The van der Waals surface area contributed by atoms with Gasteiger partial charge in [-0.15, -0.1) is 0 Å². The smallest absolute Gasteiger partial charge is 0.308 e. The van der Waals surface area contributed by atoms with E-state index in [2.05, 4.69) is 25.5 Å². The Kier molecular flexibility index (Phi) is 7.25. The van der Waals surface area contributed by atoms with Gasteiger partial charge in [0.2, 0.25) is 0 Å². The van der Waals surface area contributed by atoms with E-state index in [0.717, 1.165) is 32.0 Å². The second kappa shape index (κ2) is 10.1. The van der Waals surface area contributed by atoms with Gasteiger partial charge in [-0.3, -0.25) is 9.79 Å². The van der Waals surface area contributed by atoms with Crippen molar-refractivity contribution in [3.8, 4) is 11.6 Å². The molecular weight excluding hydrogens is 378 g/mol. The summed E-state index contributed by atoms with van der Waals surface area (Å²) < 4.78 is 17.1. The standard InChI is InChI=1S/C19H27N5O5/c1-2-27-18-15(4-3-5-22-18)28-10-11-29-19(12-17(25)26)14-21-13-16(23-19)24-8-6-20-7-9-24/h3-5,13-14,20,23H,2,6-12H2,1H3,(H,25,26). The molecule has 0 aromatic carbocycles. The maximum Gasteiger partial charge on any atom is 0.308 e. The van der Waals surface area contributed by atoms with Gasteiger partial charge in [-0.2, -0.15) is 0 Å². The number of nitrogens with one attached hydrogen (secondary N) is 2. The number of ether oxygens (including phenoxy) is 3. The third kappa shape index (κ3) is 5.81. The molecule has 0 amide bonds. The number of aliphatic carboxylic acids is 1. The predicted octanol–water partition coefficient (Wildman–Crippen LogP) is 0.425. The van der Waals surface area contributed by atoms with Crippen molar-refractivity contribution in [2.75, 3.05) is 46.0 Å². The molecule has 10 heteroatoms. The van der Waals surface area contributed by atoms with Gasteiger partial charge in [-0.05, 0) is 19.1 Å². The fourth-order valence-electron chi connectivity index (χ4n) is 3.12. The van der Waals surface area contributed by atoms with E-state index in [4.69, 9.17) is 14.2 Å². The molecule has 0 aliphatic carbocycles. The summed E-state index contributed by atoms with van der Waals surface area (Å²) in [6, 6.07) is 3.51. The van der Waals surface area contributed by atoms with Gasteiger partial charge in [-0.1, -0.05) is 0 Å². The zero-order chi connectivity index (χ0) is 20.5. The number of carboxylic acids is 1. The van der Waals surface area contributed by atoms with Gasteiger partial charge in [0.1, 0.15) is 12.4 Å². The van der Waals surface area contributed by atoms with E-state index in [9.17, 15) is 9.90 Å². The van der Waals surface area contributed by atoms with Crippen molar-refractivity contribution < 1.29 is 24.1 Å². The van der Waals surface area contributed by atoms with Crippen LogP contribution in [0.3, 0.4) is 0 Å². The lowest BCUT2D eigenvalue weighted by atomic mass is 10.1. The maximum absolute atomic E-state index is 11.4. The molecule has 2 aliphatic rings. The Balaban J connectivity index is 1.59. The molecule has 0 spiro atoms. The molecule has 1 aromatic heterocycles. The molecule has 1 fully saturated rings. The van der Waals surface area contributed by atoms with E-state index >= 15 is 0 Å². The van der Waals surface area contributed by atoms with Gasteiger partial charge in [-0.25, -0.2) is 4.98 Å². The summed E-state index contributed by atoms with van der Waals surface area (Å²) in [5.41, 5.74) is -1.23. The summed E-state index contributed by atoms with van der Waals surface area (Å²) in [7, 11) is 0.